The van der Waals surface area contributed by atoms with Gasteiger partial charge < -0.3 is 5.11 Å². The van der Waals surface area contributed by atoms with Crippen molar-refractivity contribution in [2.75, 3.05) is 0 Å². The van der Waals surface area contributed by atoms with Crippen molar-refractivity contribution in [1.29, 1.82) is 0 Å². The van der Waals surface area contributed by atoms with Crippen LogP contribution in [-0.2, 0) is 5.60 Å². The molecule has 1 heterocycles. The Labute approximate surface area is 66.1 Å². The molecule has 0 radical (unpaired) electrons. The van der Waals surface area contributed by atoms with Crippen molar-refractivity contribution >= 4 is 0 Å². The van der Waals surface area contributed by atoms with E-state index in [4.69, 9.17) is 0 Å². The van der Waals surface area contributed by atoms with E-state index >= 15 is 0 Å². The Morgan fingerprint density at radius 2 is 2.00 bits per heavy atom. The zero-order valence-electron chi connectivity index (χ0n) is 7.00. The average molecular weight is 152 g/mol. The van der Waals surface area contributed by atoms with Crippen LogP contribution >= 0.6 is 0 Å². The van der Waals surface area contributed by atoms with Gasteiger partial charge in [0.05, 0.1) is 17.6 Å². The van der Waals surface area contributed by atoms with Crippen molar-refractivity contribution in [3.63, 3.8) is 0 Å². The minimum atomic E-state index is -0.890. The lowest BCUT2D eigenvalue weighted by atomic mass is 10.1. The molecule has 0 unspecified atom stereocenters. The molecule has 0 spiro atoms. The first-order valence-electron chi connectivity index (χ1n) is 3.51. The van der Waals surface area contributed by atoms with Gasteiger partial charge in [0.1, 0.15) is 5.60 Å². The number of rotatable bonds is 1. The summed E-state index contributed by atoms with van der Waals surface area (Å²) >= 11 is 0. The lowest BCUT2D eigenvalue weighted by Crippen LogP contribution is -2.18. The Bertz CT molecular complexity index is 253. The predicted octanol–water partition coefficient (Wildman–Crippen LogP) is 1.01. The van der Waals surface area contributed by atoms with Crippen LogP contribution in [0, 0.1) is 6.92 Å². The average Bonchev–Trinajstić information content (AvgIpc) is 1.86. The van der Waals surface area contributed by atoms with Gasteiger partial charge in [-0.3, -0.25) is 9.97 Å². The molecule has 1 N–H and O–H groups in total. The lowest BCUT2D eigenvalue weighted by molar-refractivity contribution is 0.0732. The van der Waals surface area contributed by atoms with E-state index < -0.39 is 5.60 Å². The van der Waals surface area contributed by atoms with Gasteiger partial charge in [0.2, 0.25) is 0 Å². The maximum Gasteiger partial charge on any atom is 0.102 e. The van der Waals surface area contributed by atoms with Crippen LogP contribution in [0.15, 0.2) is 12.4 Å². The summed E-state index contributed by atoms with van der Waals surface area (Å²) in [5.74, 6) is 0. The minimum absolute atomic E-state index is 0.609. The zero-order chi connectivity index (χ0) is 8.48. The third kappa shape index (κ3) is 1.98. The molecule has 3 heteroatoms. The van der Waals surface area contributed by atoms with Crippen molar-refractivity contribution < 1.29 is 5.11 Å². The summed E-state index contributed by atoms with van der Waals surface area (Å²) in [6.45, 7) is 5.23. The molecule has 0 atom stereocenters. The summed E-state index contributed by atoms with van der Waals surface area (Å²) < 4.78 is 0. The number of aryl methyl sites for hydroxylation is 1. The summed E-state index contributed by atoms with van der Waals surface area (Å²) in [5, 5.41) is 9.51. The highest BCUT2D eigenvalue weighted by Gasteiger charge is 2.17. The molecule has 0 aliphatic rings. The third-order valence-corrected chi connectivity index (χ3v) is 1.38. The molecule has 0 fully saturated rings. The molecular weight excluding hydrogens is 140 g/mol. The summed E-state index contributed by atoms with van der Waals surface area (Å²) in [5.41, 5.74) is 0.543. The molecule has 0 saturated heterocycles. The van der Waals surface area contributed by atoms with Gasteiger partial charge in [-0.1, -0.05) is 0 Å². The van der Waals surface area contributed by atoms with Gasteiger partial charge >= 0.3 is 0 Å². The Balaban J connectivity index is 3.06. The van der Waals surface area contributed by atoms with E-state index in [2.05, 4.69) is 9.97 Å². The first kappa shape index (κ1) is 8.14. The normalized spacial score (nSPS) is 11.6. The highest BCUT2D eigenvalue weighted by atomic mass is 16.3. The molecule has 0 aliphatic heterocycles. The van der Waals surface area contributed by atoms with E-state index in [9.17, 15) is 5.11 Å². The first-order valence-corrected chi connectivity index (χ1v) is 3.51. The summed E-state index contributed by atoms with van der Waals surface area (Å²) in [6, 6.07) is 0. The predicted molar refractivity (Wildman–Crippen MR) is 42.0 cm³/mol. The highest BCUT2D eigenvalue weighted by Crippen LogP contribution is 2.15. The molecule has 0 amide bonds. The van der Waals surface area contributed by atoms with E-state index in [0.717, 1.165) is 5.69 Å². The SMILES string of the molecule is Cc1cncc(C(C)(C)O)n1. The van der Waals surface area contributed by atoms with Gasteiger partial charge in [-0.15, -0.1) is 0 Å². The molecule has 3 nitrogen and oxygen atoms in total. The monoisotopic (exact) mass is 152 g/mol. The maximum atomic E-state index is 9.51. The van der Waals surface area contributed by atoms with Crippen LogP contribution in [-0.4, -0.2) is 15.1 Å². The van der Waals surface area contributed by atoms with Crippen LogP contribution in [0.5, 0.6) is 0 Å². The minimum Gasteiger partial charge on any atom is -0.384 e. The molecule has 0 saturated carbocycles. The number of hydrogen-bond acceptors (Lipinski definition) is 3. The second kappa shape index (κ2) is 2.58. The van der Waals surface area contributed by atoms with Gasteiger partial charge in [-0.05, 0) is 20.8 Å². The van der Waals surface area contributed by atoms with E-state index in [1.165, 1.54) is 0 Å². The Morgan fingerprint density at radius 3 is 2.36 bits per heavy atom. The summed E-state index contributed by atoms with van der Waals surface area (Å²) in [6.07, 6.45) is 3.24. The Morgan fingerprint density at radius 1 is 1.36 bits per heavy atom. The largest absolute Gasteiger partial charge is 0.384 e. The molecule has 1 aromatic heterocycles. The van der Waals surface area contributed by atoms with Crippen molar-refractivity contribution in [2.24, 2.45) is 0 Å². The summed E-state index contributed by atoms with van der Waals surface area (Å²) in [7, 11) is 0. The van der Waals surface area contributed by atoms with Gasteiger partial charge in [0, 0.05) is 6.20 Å². The molecule has 0 aromatic carbocycles. The molecular formula is C8H12N2O. The van der Waals surface area contributed by atoms with Gasteiger partial charge in [-0.2, -0.15) is 0 Å². The quantitative estimate of drug-likeness (QED) is 0.653. The number of nitrogens with zero attached hydrogens (tertiary/aromatic N) is 2. The molecule has 0 aliphatic carbocycles. The second-order valence-electron chi connectivity index (χ2n) is 3.10. The maximum absolute atomic E-state index is 9.51. The van der Waals surface area contributed by atoms with E-state index in [0.29, 0.717) is 5.69 Å². The number of aromatic nitrogens is 2. The summed E-state index contributed by atoms with van der Waals surface area (Å²) in [4.78, 5) is 8.06. The molecule has 11 heavy (non-hydrogen) atoms. The standard InChI is InChI=1S/C8H12N2O/c1-6-4-9-5-7(10-6)8(2,3)11/h4-5,11H,1-3H3. The molecule has 60 valence electrons. The van der Waals surface area contributed by atoms with Crippen LogP contribution in [0.3, 0.4) is 0 Å². The van der Waals surface area contributed by atoms with E-state index in [1.807, 2.05) is 6.92 Å². The molecule has 1 aromatic rings. The highest BCUT2D eigenvalue weighted by molar-refractivity contribution is 5.07. The van der Waals surface area contributed by atoms with Crippen LogP contribution in [0.1, 0.15) is 25.2 Å². The second-order valence-corrected chi connectivity index (χ2v) is 3.10. The van der Waals surface area contributed by atoms with Gasteiger partial charge in [0.25, 0.3) is 0 Å². The number of aliphatic hydroxyl groups is 1. The van der Waals surface area contributed by atoms with Crippen LogP contribution in [0.4, 0.5) is 0 Å². The lowest BCUT2D eigenvalue weighted by Gasteiger charge is -2.15. The van der Waals surface area contributed by atoms with Gasteiger partial charge in [0.15, 0.2) is 0 Å². The Hall–Kier alpha value is -0.960. The molecule has 1 rings (SSSR count). The van der Waals surface area contributed by atoms with Gasteiger partial charge in [-0.25, -0.2) is 0 Å². The zero-order valence-corrected chi connectivity index (χ0v) is 7.00. The number of hydrogen-bond donors (Lipinski definition) is 1. The fourth-order valence-corrected chi connectivity index (χ4v) is 0.758. The fraction of sp³-hybridized carbons (Fsp3) is 0.500. The smallest absolute Gasteiger partial charge is 0.102 e. The van der Waals surface area contributed by atoms with Crippen molar-refractivity contribution in [2.45, 2.75) is 26.4 Å². The van der Waals surface area contributed by atoms with Crippen LogP contribution < -0.4 is 0 Å². The van der Waals surface area contributed by atoms with Crippen molar-refractivity contribution in [1.82, 2.24) is 9.97 Å². The Kier molecular flexibility index (Phi) is 1.91. The van der Waals surface area contributed by atoms with Crippen molar-refractivity contribution in [3.05, 3.63) is 23.8 Å². The van der Waals surface area contributed by atoms with Crippen molar-refractivity contribution in [3.8, 4) is 0 Å². The third-order valence-electron chi connectivity index (χ3n) is 1.38. The first-order chi connectivity index (χ1) is 5.00. The molecule has 0 bridgehead atoms. The van der Waals surface area contributed by atoms with E-state index in [1.54, 1.807) is 26.2 Å². The van der Waals surface area contributed by atoms with Crippen LogP contribution in [0.2, 0.25) is 0 Å². The fourth-order valence-electron chi connectivity index (χ4n) is 0.758. The van der Waals surface area contributed by atoms with Crippen LogP contribution in [0.25, 0.3) is 0 Å². The topological polar surface area (TPSA) is 46.0 Å². The van der Waals surface area contributed by atoms with E-state index in [-0.39, 0.29) is 0 Å².